The summed E-state index contributed by atoms with van der Waals surface area (Å²) < 4.78 is 10.2. The van der Waals surface area contributed by atoms with E-state index in [0.29, 0.717) is 34.2 Å². The predicted octanol–water partition coefficient (Wildman–Crippen LogP) is 5.15. The third kappa shape index (κ3) is 4.50. The van der Waals surface area contributed by atoms with Crippen molar-refractivity contribution in [1.29, 1.82) is 0 Å². The van der Waals surface area contributed by atoms with Crippen LogP contribution in [0, 0.1) is 0 Å². The Hall–Kier alpha value is -4.10. The van der Waals surface area contributed by atoms with Gasteiger partial charge in [0, 0.05) is 11.3 Å². The van der Waals surface area contributed by atoms with Crippen LogP contribution in [0.4, 0.5) is 5.69 Å². The van der Waals surface area contributed by atoms with Gasteiger partial charge in [0.15, 0.2) is 0 Å². The molecule has 1 fully saturated rings. The van der Waals surface area contributed by atoms with Crippen LogP contribution in [0.5, 0.6) is 5.75 Å². The molecule has 1 unspecified atom stereocenters. The van der Waals surface area contributed by atoms with E-state index < -0.39 is 23.7 Å². The van der Waals surface area contributed by atoms with Crippen molar-refractivity contribution in [2.45, 2.75) is 13.0 Å². The number of esters is 1. The highest BCUT2D eigenvalue weighted by atomic mass is 35.5. The van der Waals surface area contributed by atoms with Crippen LogP contribution in [0.1, 0.15) is 34.5 Å². The quantitative estimate of drug-likeness (QED) is 0.222. The Bertz CT molecular complexity index is 1320. The van der Waals surface area contributed by atoms with E-state index in [0.717, 1.165) is 0 Å². The van der Waals surface area contributed by atoms with E-state index in [4.69, 9.17) is 21.1 Å². The number of carbonyl (C=O) groups is 3. The number of ketones is 1. The Balaban J connectivity index is 1.88. The SMILES string of the molecule is CCOc1cc(/C(O)=C2/C(=O)C(=O)N(c3ccc(C(=O)OC)cc3)C2c2ccccc2)ccc1Cl. The van der Waals surface area contributed by atoms with Gasteiger partial charge in [0.05, 0.1) is 35.9 Å². The van der Waals surface area contributed by atoms with Gasteiger partial charge in [-0.1, -0.05) is 41.9 Å². The Morgan fingerprint density at radius 3 is 2.29 bits per heavy atom. The highest BCUT2D eigenvalue weighted by Crippen LogP contribution is 2.42. The molecule has 0 saturated carbocycles. The Labute approximate surface area is 207 Å². The Morgan fingerprint density at radius 2 is 1.66 bits per heavy atom. The van der Waals surface area contributed by atoms with Gasteiger partial charge < -0.3 is 14.6 Å². The fourth-order valence-electron chi connectivity index (χ4n) is 4.00. The maximum Gasteiger partial charge on any atom is 0.337 e. The maximum atomic E-state index is 13.2. The molecule has 4 rings (SSSR count). The second-order valence-electron chi connectivity index (χ2n) is 7.70. The number of Topliss-reactive ketones (excluding diaryl/α,β-unsaturated/α-hetero) is 1. The summed E-state index contributed by atoms with van der Waals surface area (Å²) in [5.74, 6) is -2.15. The number of benzene rings is 3. The monoisotopic (exact) mass is 491 g/mol. The normalized spacial score (nSPS) is 16.9. The summed E-state index contributed by atoms with van der Waals surface area (Å²) in [7, 11) is 1.28. The van der Waals surface area contributed by atoms with Gasteiger partial charge >= 0.3 is 5.97 Å². The molecule has 1 heterocycles. The summed E-state index contributed by atoms with van der Waals surface area (Å²) in [4.78, 5) is 39.6. The topological polar surface area (TPSA) is 93.1 Å². The molecule has 0 spiro atoms. The van der Waals surface area contributed by atoms with Gasteiger partial charge in [0.25, 0.3) is 11.7 Å². The Morgan fingerprint density at radius 1 is 1.00 bits per heavy atom. The number of anilines is 1. The van der Waals surface area contributed by atoms with Gasteiger partial charge in [-0.2, -0.15) is 0 Å². The lowest BCUT2D eigenvalue weighted by molar-refractivity contribution is -0.132. The number of halogens is 1. The summed E-state index contributed by atoms with van der Waals surface area (Å²) in [5, 5.41) is 11.6. The van der Waals surface area contributed by atoms with E-state index in [9.17, 15) is 19.5 Å². The lowest BCUT2D eigenvalue weighted by Gasteiger charge is -2.25. The zero-order valence-corrected chi connectivity index (χ0v) is 19.8. The average molecular weight is 492 g/mol. The summed E-state index contributed by atoms with van der Waals surface area (Å²) in [5.41, 5.74) is 1.54. The van der Waals surface area contributed by atoms with Crippen LogP contribution in [0.2, 0.25) is 5.02 Å². The second-order valence-corrected chi connectivity index (χ2v) is 8.10. The third-order valence-corrected chi connectivity index (χ3v) is 5.94. The molecule has 1 N–H and O–H groups in total. The number of hydrogen-bond donors (Lipinski definition) is 1. The zero-order valence-electron chi connectivity index (χ0n) is 19.0. The second kappa shape index (κ2) is 10.0. The lowest BCUT2D eigenvalue weighted by Crippen LogP contribution is -2.29. The molecule has 1 amide bonds. The standard InChI is InChI=1S/C27H22ClNO6/c1-3-35-21-15-18(11-14-20(21)28)24(30)22-23(16-7-5-4-6-8-16)29(26(32)25(22)31)19-12-9-17(10-13-19)27(33)34-2/h4-15,23,30H,3H2,1-2H3/b24-22-. The maximum absolute atomic E-state index is 13.2. The number of aliphatic hydroxyl groups excluding tert-OH is 1. The fourth-order valence-corrected chi connectivity index (χ4v) is 4.17. The van der Waals surface area contributed by atoms with E-state index in [1.54, 1.807) is 55.5 Å². The molecule has 35 heavy (non-hydrogen) atoms. The first-order chi connectivity index (χ1) is 16.9. The summed E-state index contributed by atoms with van der Waals surface area (Å²) >= 11 is 6.18. The molecule has 1 aliphatic rings. The van der Waals surface area contributed by atoms with Gasteiger partial charge in [-0.25, -0.2) is 4.79 Å². The molecule has 178 valence electrons. The van der Waals surface area contributed by atoms with Gasteiger partial charge in [0.2, 0.25) is 0 Å². The fraction of sp³-hybridized carbons (Fsp3) is 0.148. The van der Waals surface area contributed by atoms with E-state index in [-0.39, 0.29) is 16.9 Å². The largest absolute Gasteiger partial charge is 0.507 e. The molecule has 8 heteroatoms. The van der Waals surface area contributed by atoms with E-state index in [1.807, 2.05) is 6.07 Å². The number of aliphatic hydroxyl groups is 1. The molecule has 0 radical (unpaired) electrons. The number of carbonyl (C=O) groups excluding carboxylic acids is 3. The third-order valence-electron chi connectivity index (χ3n) is 5.63. The highest BCUT2D eigenvalue weighted by molar-refractivity contribution is 6.51. The molecule has 0 aromatic heterocycles. The minimum Gasteiger partial charge on any atom is -0.507 e. The molecule has 3 aromatic rings. The number of nitrogens with zero attached hydrogens (tertiary/aromatic N) is 1. The van der Waals surface area contributed by atoms with Crippen molar-refractivity contribution in [2.75, 3.05) is 18.6 Å². The van der Waals surface area contributed by atoms with Crippen molar-refractivity contribution in [3.05, 3.63) is 100 Å². The van der Waals surface area contributed by atoms with Crippen molar-refractivity contribution < 1.29 is 29.0 Å². The number of methoxy groups -OCH3 is 1. The summed E-state index contributed by atoms with van der Waals surface area (Å²) in [6, 6.07) is 18.8. The summed E-state index contributed by atoms with van der Waals surface area (Å²) in [6.07, 6.45) is 0. The minimum atomic E-state index is -0.897. The molecule has 1 aliphatic heterocycles. The molecular weight excluding hydrogens is 470 g/mol. The number of rotatable bonds is 6. The smallest absolute Gasteiger partial charge is 0.337 e. The lowest BCUT2D eigenvalue weighted by atomic mass is 9.95. The number of amides is 1. The van der Waals surface area contributed by atoms with Crippen molar-refractivity contribution >= 4 is 40.7 Å². The van der Waals surface area contributed by atoms with Crippen LogP contribution in [0.3, 0.4) is 0 Å². The van der Waals surface area contributed by atoms with Gasteiger partial charge in [-0.3, -0.25) is 14.5 Å². The highest BCUT2D eigenvalue weighted by Gasteiger charge is 2.47. The minimum absolute atomic E-state index is 0.0667. The van der Waals surface area contributed by atoms with Gasteiger partial charge in [-0.15, -0.1) is 0 Å². The predicted molar refractivity (Wildman–Crippen MR) is 132 cm³/mol. The van der Waals surface area contributed by atoms with Crippen molar-refractivity contribution in [2.24, 2.45) is 0 Å². The summed E-state index contributed by atoms with van der Waals surface area (Å²) in [6.45, 7) is 2.16. The molecule has 0 aliphatic carbocycles. The number of ether oxygens (including phenoxy) is 2. The zero-order chi connectivity index (χ0) is 25.1. The van der Waals surface area contributed by atoms with Crippen LogP contribution >= 0.6 is 11.6 Å². The molecular formula is C27H22ClNO6. The van der Waals surface area contributed by atoms with Gasteiger partial charge in [0.1, 0.15) is 11.5 Å². The van der Waals surface area contributed by atoms with Crippen LogP contribution in [-0.4, -0.2) is 36.5 Å². The van der Waals surface area contributed by atoms with Crippen molar-refractivity contribution in [1.82, 2.24) is 0 Å². The van der Waals surface area contributed by atoms with Crippen LogP contribution in [-0.2, 0) is 14.3 Å². The van der Waals surface area contributed by atoms with Crippen molar-refractivity contribution in [3.63, 3.8) is 0 Å². The molecule has 3 aromatic carbocycles. The number of hydrogen-bond acceptors (Lipinski definition) is 6. The van der Waals surface area contributed by atoms with Crippen LogP contribution in [0.15, 0.2) is 78.4 Å². The first kappa shape index (κ1) is 24.0. The van der Waals surface area contributed by atoms with Crippen LogP contribution < -0.4 is 9.64 Å². The molecule has 1 atom stereocenters. The van der Waals surface area contributed by atoms with E-state index >= 15 is 0 Å². The van der Waals surface area contributed by atoms with E-state index in [1.165, 1.54) is 30.2 Å². The average Bonchev–Trinajstić information content (AvgIpc) is 3.15. The van der Waals surface area contributed by atoms with Gasteiger partial charge in [-0.05, 0) is 55.0 Å². The van der Waals surface area contributed by atoms with Crippen LogP contribution in [0.25, 0.3) is 5.76 Å². The first-order valence-electron chi connectivity index (χ1n) is 10.8. The Kier molecular flexibility index (Phi) is 6.89. The molecule has 0 bridgehead atoms. The van der Waals surface area contributed by atoms with Crippen molar-refractivity contribution in [3.8, 4) is 5.75 Å². The molecule has 1 saturated heterocycles. The molecule has 7 nitrogen and oxygen atoms in total. The first-order valence-corrected chi connectivity index (χ1v) is 11.2. The van der Waals surface area contributed by atoms with E-state index in [2.05, 4.69) is 0 Å².